The molecular formula is C17H24ClNO. The highest BCUT2D eigenvalue weighted by Crippen LogP contribution is 2.22. The fourth-order valence-electron chi connectivity index (χ4n) is 2.83. The average Bonchev–Trinajstić information content (AvgIpc) is 2.62. The minimum atomic E-state index is 0.0976. The van der Waals surface area contributed by atoms with Crippen molar-refractivity contribution in [3.63, 3.8) is 0 Å². The molecule has 1 N–H and O–H groups in total. The van der Waals surface area contributed by atoms with Gasteiger partial charge in [-0.15, -0.1) is 11.6 Å². The second-order valence-electron chi connectivity index (χ2n) is 5.82. The van der Waals surface area contributed by atoms with Crippen LogP contribution in [-0.2, 0) is 11.2 Å². The van der Waals surface area contributed by atoms with Crippen molar-refractivity contribution in [2.24, 2.45) is 0 Å². The molecule has 0 radical (unpaired) electrons. The van der Waals surface area contributed by atoms with Crippen LogP contribution in [0.5, 0.6) is 0 Å². The summed E-state index contributed by atoms with van der Waals surface area (Å²) in [7, 11) is 0. The van der Waals surface area contributed by atoms with Crippen LogP contribution in [-0.4, -0.2) is 17.3 Å². The molecule has 1 aromatic rings. The fourth-order valence-corrected chi connectivity index (χ4v) is 3.17. The number of hydrogen-bond acceptors (Lipinski definition) is 1. The van der Waals surface area contributed by atoms with Gasteiger partial charge in [-0.25, -0.2) is 0 Å². The van der Waals surface area contributed by atoms with Crippen molar-refractivity contribution in [1.29, 1.82) is 0 Å². The van der Waals surface area contributed by atoms with E-state index in [2.05, 4.69) is 30.4 Å². The third-order valence-corrected chi connectivity index (χ3v) is 4.52. The van der Waals surface area contributed by atoms with Crippen molar-refractivity contribution in [1.82, 2.24) is 5.32 Å². The quantitative estimate of drug-likeness (QED) is 0.660. The van der Waals surface area contributed by atoms with E-state index in [0.717, 1.165) is 19.3 Å². The first kappa shape index (κ1) is 15.4. The molecule has 2 rings (SSSR count). The molecule has 0 saturated heterocycles. The molecule has 1 aromatic carbocycles. The van der Waals surface area contributed by atoms with Crippen molar-refractivity contribution < 1.29 is 4.79 Å². The Balaban J connectivity index is 1.80. The molecule has 0 bridgehead atoms. The lowest BCUT2D eigenvalue weighted by molar-refractivity contribution is -0.121. The summed E-state index contributed by atoms with van der Waals surface area (Å²) in [4.78, 5) is 12.1. The molecule has 110 valence electrons. The van der Waals surface area contributed by atoms with E-state index in [9.17, 15) is 4.79 Å². The van der Waals surface area contributed by atoms with E-state index in [0.29, 0.717) is 6.42 Å². The Morgan fingerprint density at radius 2 is 2.10 bits per heavy atom. The molecule has 0 spiro atoms. The molecule has 2 nitrogen and oxygen atoms in total. The van der Waals surface area contributed by atoms with Gasteiger partial charge in [0.05, 0.1) is 5.38 Å². The van der Waals surface area contributed by atoms with Gasteiger partial charge in [0.25, 0.3) is 0 Å². The second-order valence-corrected chi connectivity index (χ2v) is 6.38. The molecule has 1 aliphatic rings. The molecule has 1 aliphatic carbocycles. The Morgan fingerprint density at radius 3 is 2.90 bits per heavy atom. The first-order valence-electron chi connectivity index (χ1n) is 7.64. The lowest BCUT2D eigenvalue weighted by Gasteiger charge is -2.21. The summed E-state index contributed by atoms with van der Waals surface area (Å²) in [5.74, 6) is 0.129. The molecule has 0 aliphatic heterocycles. The number of carbonyl (C=O) groups excluding carboxylic acids is 1. The van der Waals surface area contributed by atoms with E-state index in [1.807, 2.05) is 6.07 Å². The zero-order valence-corrected chi connectivity index (χ0v) is 13.0. The molecule has 1 saturated carbocycles. The predicted molar refractivity (Wildman–Crippen MR) is 84.2 cm³/mol. The standard InChI is InChI=1S/C17H24ClNO/c1-13-6-5-7-14(12-13)10-11-17(20)19-16-9-4-2-3-8-15(16)18/h5-7,12,15-16H,2-4,8-11H2,1H3,(H,19,20). The molecule has 0 aromatic heterocycles. The molecule has 20 heavy (non-hydrogen) atoms. The minimum absolute atomic E-state index is 0.0976. The summed E-state index contributed by atoms with van der Waals surface area (Å²) in [6.45, 7) is 2.08. The number of alkyl halides is 1. The maximum atomic E-state index is 12.1. The third kappa shape index (κ3) is 4.82. The molecule has 2 atom stereocenters. The van der Waals surface area contributed by atoms with E-state index < -0.39 is 0 Å². The molecule has 0 heterocycles. The number of amides is 1. The SMILES string of the molecule is Cc1cccc(CCC(=O)NC2CCCCCC2Cl)c1. The van der Waals surface area contributed by atoms with Gasteiger partial charge in [0.1, 0.15) is 0 Å². The van der Waals surface area contributed by atoms with Gasteiger partial charge in [-0.2, -0.15) is 0 Å². The maximum absolute atomic E-state index is 12.1. The summed E-state index contributed by atoms with van der Waals surface area (Å²) in [6, 6.07) is 8.50. The first-order chi connectivity index (χ1) is 9.65. The van der Waals surface area contributed by atoms with Crippen LogP contribution < -0.4 is 5.32 Å². The number of halogens is 1. The Morgan fingerprint density at radius 1 is 1.30 bits per heavy atom. The Labute approximate surface area is 126 Å². The summed E-state index contributed by atoms with van der Waals surface area (Å²) in [5.41, 5.74) is 2.47. The lowest BCUT2D eigenvalue weighted by Crippen LogP contribution is -2.40. The largest absolute Gasteiger partial charge is 0.352 e. The van der Waals surface area contributed by atoms with Crippen LogP contribution >= 0.6 is 11.6 Å². The predicted octanol–water partition coefficient (Wildman–Crippen LogP) is 3.98. The van der Waals surface area contributed by atoms with E-state index in [1.165, 1.54) is 30.4 Å². The second kappa shape index (κ2) is 7.68. The highest BCUT2D eigenvalue weighted by atomic mass is 35.5. The van der Waals surface area contributed by atoms with Crippen molar-refractivity contribution in [2.45, 2.75) is 63.3 Å². The van der Waals surface area contributed by atoms with Gasteiger partial charge >= 0.3 is 0 Å². The van der Waals surface area contributed by atoms with Crippen LogP contribution in [0.4, 0.5) is 0 Å². The summed E-state index contributed by atoms with van der Waals surface area (Å²) in [6.07, 6.45) is 6.97. The van der Waals surface area contributed by atoms with Gasteiger partial charge in [0.15, 0.2) is 0 Å². The van der Waals surface area contributed by atoms with Crippen LogP contribution in [0.3, 0.4) is 0 Å². The summed E-state index contributed by atoms with van der Waals surface area (Å²) in [5, 5.41) is 3.22. The van der Waals surface area contributed by atoms with Crippen molar-refractivity contribution in [3.05, 3.63) is 35.4 Å². The number of hydrogen-bond donors (Lipinski definition) is 1. The Hall–Kier alpha value is -1.02. The fraction of sp³-hybridized carbons (Fsp3) is 0.588. The van der Waals surface area contributed by atoms with Gasteiger partial charge in [-0.1, -0.05) is 49.1 Å². The maximum Gasteiger partial charge on any atom is 0.220 e. The topological polar surface area (TPSA) is 29.1 Å². The van der Waals surface area contributed by atoms with Gasteiger partial charge < -0.3 is 5.32 Å². The lowest BCUT2D eigenvalue weighted by atomic mass is 10.1. The zero-order chi connectivity index (χ0) is 14.4. The van der Waals surface area contributed by atoms with Crippen LogP contribution in [0.25, 0.3) is 0 Å². The minimum Gasteiger partial charge on any atom is -0.352 e. The highest BCUT2D eigenvalue weighted by molar-refractivity contribution is 6.21. The van der Waals surface area contributed by atoms with Crippen LogP contribution in [0.15, 0.2) is 24.3 Å². The summed E-state index contributed by atoms with van der Waals surface area (Å²) < 4.78 is 0. The average molecular weight is 294 g/mol. The molecule has 2 unspecified atom stereocenters. The summed E-state index contributed by atoms with van der Waals surface area (Å²) >= 11 is 6.35. The van der Waals surface area contributed by atoms with Gasteiger partial charge in [0, 0.05) is 12.5 Å². The van der Waals surface area contributed by atoms with E-state index in [4.69, 9.17) is 11.6 Å². The van der Waals surface area contributed by atoms with Gasteiger partial charge in [-0.05, 0) is 31.7 Å². The number of carbonyl (C=O) groups is 1. The van der Waals surface area contributed by atoms with Crippen molar-refractivity contribution >= 4 is 17.5 Å². The number of aryl methyl sites for hydroxylation is 2. The van der Waals surface area contributed by atoms with E-state index in [1.54, 1.807) is 0 Å². The van der Waals surface area contributed by atoms with Crippen molar-refractivity contribution in [3.8, 4) is 0 Å². The monoisotopic (exact) mass is 293 g/mol. The van der Waals surface area contributed by atoms with Gasteiger partial charge in [0.2, 0.25) is 5.91 Å². The zero-order valence-electron chi connectivity index (χ0n) is 12.2. The molecule has 1 fully saturated rings. The van der Waals surface area contributed by atoms with Crippen LogP contribution in [0, 0.1) is 6.92 Å². The van der Waals surface area contributed by atoms with Crippen LogP contribution in [0.1, 0.15) is 49.7 Å². The Kier molecular flexibility index (Phi) is 5.90. The van der Waals surface area contributed by atoms with Gasteiger partial charge in [-0.3, -0.25) is 4.79 Å². The normalized spacial score (nSPS) is 23.1. The van der Waals surface area contributed by atoms with Crippen LogP contribution in [0.2, 0.25) is 0 Å². The first-order valence-corrected chi connectivity index (χ1v) is 8.08. The van der Waals surface area contributed by atoms with E-state index in [-0.39, 0.29) is 17.3 Å². The molecular weight excluding hydrogens is 270 g/mol. The molecule has 1 amide bonds. The number of nitrogens with one attached hydrogen (secondary N) is 1. The van der Waals surface area contributed by atoms with Crippen molar-refractivity contribution in [2.75, 3.05) is 0 Å². The third-order valence-electron chi connectivity index (χ3n) is 4.00. The highest BCUT2D eigenvalue weighted by Gasteiger charge is 2.22. The Bertz CT molecular complexity index is 446. The molecule has 3 heteroatoms. The smallest absolute Gasteiger partial charge is 0.220 e. The number of rotatable bonds is 4. The number of benzene rings is 1. The van der Waals surface area contributed by atoms with E-state index >= 15 is 0 Å².